The van der Waals surface area contributed by atoms with Gasteiger partial charge >= 0.3 is 0 Å². The van der Waals surface area contributed by atoms with E-state index in [0.717, 1.165) is 67.5 Å². The first kappa shape index (κ1) is 47.1. The van der Waals surface area contributed by atoms with Gasteiger partial charge in [-0.3, -0.25) is 0 Å². The Morgan fingerprint density at radius 1 is 0.469 bits per heavy atom. The van der Waals surface area contributed by atoms with Crippen LogP contribution in [0.3, 0.4) is 0 Å². The molecule has 0 saturated heterocycles. The molecule has 2 aromatic carbocycles. The van der Waals surface area contributed by atoms with Gasteiger partial charge in [0.1, 0.15) is 0 Å². The molecule has 3 rings (SSSR count). The summed E-state index contributed by atoms with van der Waals surface area (Å²) >= 11 is 0. The van der Waals surface area contributed by atoms with Gasteiger partial charge in [-0.15, -0.1) is 0 Å². The fraction of sp³-hybridized carbons (Fsp3) is 0.636. The van der Waals surface area contributed by atoms with Gasteiger partial charge < -0.3 is 15.7 Å². The van der Waals surface area contributed by atoms with Crippen molar-refractivity contribution < 1.29 is 35.3 Å². The van der Waals surface area contributed by atoms with Crippen molar-refractivity contribution in [1.29, 1.82) is 0 Å². The molecule has 0 bridgehead atoms. The zero-order valence-corrected chi connectivity index (χ0v) is 33.6. The van der Waals surface area contributed by atoms with Crippen LogP contribution >= 0.6 is 0 Å². The molecule has 0 atom stereocenters. The molecule has 0 fully saturated rings. The Labute approximate surface area is 316 Å². The standard InChI is InChI=1S/C36H52N2.2C4H10O.Pd/c1-4-7-10-13-14-17-20-34-29-35(32-25-21-30(22-26-32)18-15-11-8-5-2)38(37)36(34)33-27-23-31(24-28-33)19-16-12-9-6-3;2*1-2-3-4-5;/h21-29H,4-20H2,1-3H3;2*5H,2-4H2,1H3;. The third-order valence-corrected chi connectivity index (χ3v) is 8.99. The van der Waals surface area contributed by atoms with Crippen molar-refractivity contribution in [3.63, 3.8) is 0 Å². The smallest absolute Gasteiger partial charge is 0.210 e. The molecule has 0 spiro atoms. The molecule has 5 heteroatoms. The molecule has 2 aromatic rings. The van der Waals surface area contributed by atoms with Gasteiger partial charge in [0.25, 0.3) is 0 Å². The molecule has 0 amide bonds. The van der Waals surface area contributed by atoms with Crippen molar-refractivity contribution in [2.45, 2.75) is 169 Å². The zero-order chi connectivity index (χ0) is 35.2. The van der Waals surface area contributed by atoms with E-state index in [2.05, 4.69) is 89.2 Å². The third kappa shape index (κ3) is 20.5. The van der Waals surface area contributed by atoms with E-state index in [1.807, 2.05) is 0 Å². The fourth-order valence-electron chi connectivity index (χ4n) is 5.85. The molecule has 280 valence electrons. The normalized spacial score (nSPS) is 12.1. The fourth-order valence-corrected chi connectivity index (χ4v) is 5.85. The molecule has 1 aliphatic rings. The first-order valence-electron chi connectivity index (χ1n) is 19.8. The van der Waals surface area contributed by atoms with Gasteiger partial charge in [0.2, 0.25) is 11.4 Å². The maximum Gasteiger partial charge on any atom is 0.210 e. The molecule has 4 nitrogen and oxygen atoms in total. The van der Waals surface area contributed by atoms with Crippen LogP contribution in [0.1, 0.15) is 179 Å². The molecule has 0 radical (unpaired) electrons. The number of unbranched alkanes of at least 4 members (excludes halogenated alkanes) is 13. The summed E-state index contributed by atoms with van der Waals surface area (Å²) in [5, 5.41) is 16.1. The largest absolute Gasteiger partial charge is 0.493 e. The average molecular weight is 767 g/mol. The van der Waals surface area contributed by atoms with E-state index in [1.165, 1.54) is 111 Å². The zero-order valence-electron chi connectivity index (χ0n) is 32.1. The Bertz CT molecular complexity index is 1130. The predicted molar refractivity (Wildman–Crippen MR) is 209 cm³/mol. The van der Waals surface area contributed by atoms with E-state index in [1.54, 1.807) is 0 Å². The van der Waals surface area contributed by atoms with Gasteiger partial charge in [-0.1, -0.05) is 142 Å². The van der Waals surface area contributed by atoms with Gasteiger partial charge in [0.15, 0.2) is 0 Å². The second-order valence-electron chi connectivity index (χ2n) is 13.4. The van der Waals surface area contributed by atoms with Gasteiger partial charge in [-0.05, 0) is 86.8 Å². The first-order valence-corrected chi connectivity index (χ1v) is 19.8. The van der Waals surface area contributed by atoms with E-state index in [4.69, 9.17) is 10.2 Å². The van der Waals surface area contributed by atoms with Crippen molar-refractivity contribution in [3.8, 4) is 0 Å². The maximum absolute atomic E-state index is 11.4. The summed E-state index contributed by atoms with van der Waals surface area (Å²) in [4.78, 5) is 0. The Hall–Kier alpha value is -1.90. The van der Waals surface area contributed by atoms with Crippen molar-refractivity contribution in [2.24, 2.45) is 0 Å². The first-order chi connectivity index (χ1) is 23.5. The monoisotopic (exact) mass is 766 g/mol. The number of rotatable bonds is 23. The molecule has 1 aliphatic heterocycles. The Kier molecular flexibility index (Phi) is 30.8. The van der Waals surface area contributed by atoms with Crippen LogP contribution in [0.25, 0.3) is 16.9 Å². The maximum atomic E-state index is 11.4. The Morgan fingerprint density at radius 3 is 1.24 bits per heavy atom. The molecule has 2 N–H and O–H groups in total. The van der Waals surface area contributed by atoms with Crippen LogP contribution in [0.15, 0.2) is 60.2 Å². The number of benzene rings is 2. The number of allylic oxidation sites excluding steroid dienone is 2. The second-order valence-corrected chi connectivity index (χ2v) is 13.4. The Balaban J connectivity index is 0.00000183. The summed E-state index contributed by atoms with van der Waals surface area (Å²) in [6.07, 6.45) is 27.6. The molecule has 0 saturated carbocycles. The van der Waals surface area contributed by atoms with Gasteiger partial charge in [0, 0.05) is 56.4 Å². The second kappa shape index (κ2) is 32.0. The molecule has 49 heavy (non-hydrogen) atoms. The summed E-state index contributed by atoms with van der Waals surface area (Å²) in [6, 6.07) is 17.8. The number of nitrogens with zero attached hydrogens (tertiary/aromatic N) is 2. The quantitative estimate of drug-likeness (QED) is 0.0672. The number of aryl methyl sites for hydroxylation is 2. The minimum absolute atomic E-state index is 0. The third-order valence-electron chi connectivity index (χ3n) is 8.99. The molecular weight excluding hydrogens is 695 g/mol. The summed E-state index contributed by atoms with van der Waals surface area (Å²) in [5.74, 6) is 0. The van der Waals surface area contributed by atoms with Crippen LogP contribution in [-0.2, 0) is 33.3 Å². The number of hydrogen-bond donors (Lipinski definition) is 2. The summed E-state index contributed by atoms with van der Waals surface area (Å²) < 4.78 is 1.46. The van der Waals surface area contributed by atoms with E-state index in [9.17, 15) is 5.53 Å². The van der Waals surface area contributed by atoms with Crippen LogP contribution in [-0.4, -0.2) is 28.1 Å². The van der Waals surface area contributed by atoms with Crippen molar-refractivity contribution in [2.75, 3.05) is 13.2 Å². The summed E-state index contributed by atoms with van der Waals surface area (Å²) in [5.41, 5.74) is 19.6. The van der Waals surface area contributed by atoms with Crippen LogP contribution < -0.4 is 0 Å². The van der Waals surface area contributed by atoms with Crippen LogP contribution in [0.5, 0.6) is 0 Å². The van der Waals surface area contributed by atoms with Gasteiger partial charge in [-0.25, -0.2) is 4.70 Å². The molecule has 0 aromatic heterocycles. The topological polar surface area (TPSA) is 65.8 Å². The summed E-state index contributed by atoms with van der Waals surface area (Å²) in [6.45, 7) is 11.6. The van der Waals surface area contributed by atoms with Crippen molar-refractivity contribution in [1.82, 2.24) is 0 Å². The van der Waals surface area contributed by atoms with Crippen LogP contribution in [0.2, 0.25) is 0 Å². The molecule has 0 unspecified atom stereocenters. The number of hydrogen-bond acceptors (Lipinski definition) is 2. The predicted octanol–water partition coefficient (Wildman–Crippen LogP) is 13.0. The number of aliphatic hydroxyl groups is 2. The van der Waals surface area contributed by atoms with E-state index in [-0.39, 0.29) is 20.4 Å². The van der Waals surface area contributed by atoms with Crippen LogP contribution in [0.4, 0.5) is 0 Å². The Morgan fingerprint density at radius 2 is 0.837 bits per heavy atom. The van der Waals surface area contributed by atoms with Crippen LogP contribution in [0, 0.1) is 0 Å². The minimum Gasteiger partial charge on any atom is -0.493 e. The molecule has 0 aliphatic carbocycles. The van der Waals surface area contributed by atoms with Crippen molar-refractivity contribution >= 4 is 11.4 Å². The summed E-state index contributed by atoms with van der Waals surface area (Å²) in [7, 11) is 0. The van der Waals surface area contributed by atoms with E-state index < -0.39 is 0 Å². The van der Waals surface area contributed by atoms with E-state index in [0.29, 0.717) is 13.2 Å². The molecule has 1 heterocycles. The molecular formula is C44H72N2O2Pd. The number of aliphatic hydroxyl groups excluding tert-OH is 2. The minimum atomic E-state index is 0. The van der Waals surface area contributed by atoms with Gasteiger partial charge in [0.05, 0.1) is 0 Å². The van der Waals surface area contributed by atoms with E-state index >= 15 is 0 Å². The SMILES string of the molecule is CCCCCCCCC1=C(c2ccc(CCCCCC)cc2)[N+](=[N-])C(c2ccc(CCCCCC)cc2)=C1.CCCCO.CCCCO.[Pd]. The van der Waals surface area contributed by atoms with Crippen molar-refractivity contribution in [3.05, 3.63) is 88.0 Å². The average Bonchev–Trinajstić information content (AvgIpc) is 3.44. The van der Waals surface area contributed by atoms with Gasteiger partial charge in [-0.2, -0.15) is 0 Å².